The molecule has 0 bridgehead atoms. The Morgan fingerprint density at radius 3 is 2.11 bits per heavy atom. The topological polar surface area (TPSA) is 156 Å². The second-order valence-corrected chi connectivity index (χ2v) is 14.9. The van der Waals surface area contributed by atoms with Gasteiger partial charge in [0.15, 0.2) is 5.78 Å². The molecule has 6 N–H and O–H groups in total. The molecule has 0 aromatic carbocycles. The Balaban J connectivity index is 1.69. The van der Waals surface area contributed by atoms with Crippen molar-refractivity contribution < 1.29 is 40.2 Å². The number of fused-ring (bicyclic) bond motifs is 7. The van der Waals surface area contributed by atoms with Gasteiger partial charge in [-0.05, 0) is 78.6 Å². The highest BCUT2D eigenvalue weighted by Crippen LogP contribution is 2.75. The van der Waals surface area contributed by atoms with Crippen molar-refractivity contribution in [2.45, 2.75) is 97.9 Å². The molecule has 8 heteroatoms. The molecule has 0 spiro atoms. The predicted molar refractivity (Wildman–Crippen MR) is 139 cm³/mol. The van der Waals surface area contributed by atoms with Gasteiger partial charge in [-0.15, -0.1) is 0 Å². The van der Waals surface area contributed by atoms with Gasteiger partial charge in [-0.3, -0.25) is 9.59 Å². The highest BCUT2D eigenvalue weighted by atomic mass is 16.4. The summed E-state index contributed by atoms with van der Waals surface area (Å²) < 4.78 is 0. The molecule has 1 unspecified atom stereocenters. The van der Waals surface area contributed by atoms with Crippen LogP contribution in [0.1, 0.15) is 79.6 Å². The fourth-order valence-corrected chi connectivity index (χ4v) is 10.7. The zero-order chi connectivity index (χ0) is 28.3. The normalized spacial score (nSPS) is 51.1. The van der Waals surface area contributed by atoms with E-state index in [9.17, 15) is 40.2 Å². The first kappa shape index (κ1) is 28.2. The maximum absolute atomic E-state index is 14.3. The quantitative estimate of drug-likeness (QED) is 0.322. The summed E-state index contributed by atoms with van der Waals surface area (Å²) in [6, 6.07) is 0. The highest BCUT2D eigenvalue weighted by Gasteiger charge is 2.73. The maximum atomic E-state index is 14.3. The zero-order valence-corrected chi connectivity index (χ0v) is 23.4. The van der Waals surface area contributed by atoms with E-state index in [0.717, 1.165) is 5.57 Å². The van der Waals surface area contributed by atoms with Crippen LogP contribution in [0.15, 0.2) is 11.6 Å². The Hall–Kier alpha value is -1.32. The number of carboxylic acid groups (broad SMARTS) is 1. The summed E-state index contributed by atoms with van der Waals surface area (Å²) in [4.78, 5) is 27.1. The number of ketones is 1. The number of carboxylic acids is 1. The van der Waals surface area contributed by atoms with E-state index in [0.29, 0.717) is 38.5 Å². The smallest absolute Gasteiger partial charge is 0.310 e. The first-order valence-electron chi connectivity index (χ1n) is 14.3. The third-order valence-corrected chi connectivity index (χ3v) is 13.2. The van der Waals surface area contributed by atoms with E-state index in [4.69, 9.17) is 0 Å². The molecule has 0 aromatic heterocycles. The molecule has 38 heavy (non-hydrogen) atoms. The van der Waals surface area contributed by atoms with E-state index < -0.39 is 81.8 Å². The third-order valence-electron chi connectivity index (χ3n) is 13.2. The number of rotatable bonds is 3. The fraction of sp³-hybridized carbons (Fsp3) is 0.867. The van der Waals surface area contributed by atoms with Gasteiger partial charge in [0, 0.05) is 17.3 Å². The predicted octanol–water partition coefficient (Wildman–Crippen LogP) is 2.30. The van der Waals surface area contributed by atoms with Crippen LogP contribution in [-0.2, 0) is 9.59 Å². The lowest BCUT2D eigenvalue weighted by molar-refractivity contribution is -0.253. The average molecular weight is 535 g/mol. The van der Waals surface area contributed by atoms with Crippen molar-refractivity contribution in [3.05, 3.63) is 11.6 Å². The molecule has 0 heterocycles. The van der Waals surface area contributed by atoms with Crippen molar-refractivity contribution >= 4 is 11.8 Å². The monoisotopic (exact) mass is 534 g/mol. The van der Waals surface area contributed by atoms with Gasteiger partial charge in [-0.2, -0.15) is 0 Å². The van der Waals surface area contributed by atoms with Crippen LogP contribution in [0.2, 0.25) is 0 Å². The minimum absolute atomic E-state index is 0.141. The largest absolute Gasteiger partial charge is 0.481 e. The Kier molecular flexibility index (Phi) is 6.20. The number of carbonyl (C=O) groups is 2. The molecule has 0 aliphatic heterocycles. The lowest BCUT2D eigenvalue weighted by atomic mass is 9.33. The summed E-state index contributed by atoms with van der Waals surface area (Å²) in [6.07, 6.45) is 1.59. The minimum atomic E-state index is -1.33. The molecule has 214 valence electrons. The van der Waals surface area contributed by atoms with E-state index in [1.54, 1.807) is 6.08 Å². The number of hydrogen-bond acceptors (Lipinski definition) is 7. The Morgan fingerprint density at radius 2 is 1.53 bits per heavy atom. The lowest BCUT2D eigenvalue weighted by Crippen LogP contribution is -2.71. The molecule has 5 aliphatic rings. The first-order chi connectivity index (χ1) is 17.5. The molecule has 5 aliphatic carbocycles. The maximum Gasteiger partial charge on any atom is 0.310 e. The van der Waals surface area contributed by atoms with Crippen molar-refractivity contribution in [3.8, 4) is 0 Å². The van der Waals surface area contributed by atoms with Crippen molar-refractivity contribution in [3.63, 3.8) is 0 Å². The van der Waals surface area contributed by atoms with Gasteiger partial charge in [-0.25, -0.2) is 0 Å². The molecular formula is C30H46O8. The van der Waals surface area contributed by atoms with Crippen LogP contribution in [0.4, 0.5) is 0 Å². The Bertz CT molecular complexity index is 1060. The lowest BCUT2D eigenvalue weighted by Gasteiger charge is -2.71. The van der Waals surface area contributed by atoms with Gasteiger partial charge >= 0.3 is 5.97 Å². The third kappa shape index (κ3) is 3.10. The van der Waals surface area contributed by atoms with Gasteiger partial charge in [-0.1, -0.05) is 40.2 Å². The number of carbonyl (C=O) groups excluding carboxylic acids is 1. The van der Waals surface area contributed by atoms with E-state index in [1.807, 2.05) is 20.8 Å². The summed E-state index contributed by atoms with van der Waals surface area (Å²) in [5, 5.41) is 64.9. The van der Waals surface area contributed by atoms with Gasteiger partial charge in [0.25, 0.3) is 0 Å². The van der Waals surface area contributed by atoms with E-state index in [1.165, 1.54) is 0 Å². The molecule has 4 saturated carbocycles. The molecule has 8 nitrogen and oxygen atoms in total. The molecule has 0 aromatic rings. The summed E-state index contributed by atoms with van der Waals surface area (Å²) in [5.41, 5.74) is -4.12. The Morgan fingerprint density at radius 1 is 0.921 bits per heavy atom. The second-order valence-electron chi connectivity index (χ2n) is 14.9. The Labute approximate surface area is 225 Å². The van der Waals surface area contributed by atoms with Crippen LogP contribution in [0.25, 0.3) is 0 Å². The van der Waals surface area contributed by atoms with Crippen molar-refractivity contribution in [2.24, 2.45) is 50.2 Å². The van der Waals surface area contributed by atoms with Crippen LogP contribution in [-0.4, -0.2) is 73.9 Å². The number of allylic oxidation sites excluding steroid dienone is 1. The van der Waals surface area contributed by atoms with Crippen molar-refractivity contribution in [2.75, 3.05) is 13.2 Å². The molecular weight excluding hydrogens is 488 g/mol. The van der Waals surface area contributed by atoms with E-state index in [-0.39, 0.29) is 18.1 Å². The summed E-state index contributed by atoms with van der Waals surface area (Å²) >= 11 is 0. The van der Waals surface area contributed by atoms with Gasteiger partial charge in [0.2, 0.25) is 0 Å². The van der Waals surface area contributed by atoms with Crippen LogP contribution in [0, 0.1) is 50.2 Å². The highest BCUT2D eigenvalue weighted by molar-refractivity contribution is 5.96. The van der Waals surface area contributed by atoms with Crippen molar-refractivity contribution in [1.82, 2.24) is 0 Å². The summed E-state index contributed by atoms with van der Waals surface area (Å²) in [6.45, 7) is 9.13. The van der Waals surface area contributed by atoms with E-state index >= 15 is 0 Å². The molecule has 0 amide bonds. The van der Waals surface area contributed by atoms with Gasteiger partial charge in [0.1, 0.15) is 0 Å². The van der Waals surface area contributed by atoms with Crippen LogP contribution in [0.3, 0.4) is 0 Å². The summed E-state index contributed by atoms with van der Waals surface area (Å²) in [7, 11) is 0. The molecule has 5 rings (SSSR count). The van der Waals surface area contributed by atoms with Gasteiger partial charge in [0.05, 0.1) is 36.9 Å². The number of aliphatic hydroxyl groups excluding tert-OH is 5. The number of aliphatic hydroxyl groups is 5. The number of hydrogen-bond donors (Lipinski definition) is 6. The standard InChI is InChI=1S/C30H46O8/c1-25(2)8-10-29(24(37)38)11-9-27(4)16(20(29)23(25)36)12-17(33)21-26(3)13-18(34)22(35)30(14-31,15-32)19(26)6-7-28(21,27)5/h12,18-23,31-32,34-36H,6-11,13-15H2,1-5H3,(H,37,38)/t18-,19?,20+,21-,22+,23-,26+,27-,28-,29+/m1/s1. The number of aliphatic carboxylic acids is 1. The molecule has 4 fully saturated rings. The van der Waals surface area contributed by atoms with E-state index in [2.05, 4.69) is 13.8 Å². The van der Waals surface area contributed by atoms with Crippen molar-refractivity contribution in [1.29, 1.82) is 0 Å². The minimum Gasteiger partial charge on any atom is -0.481 e. The molecule has 10 atom stereocenters. The second kappa shape index (κ2) is 8.35. The summed E-state index contributed by atoms with van der Waals surface area (Å²) in [5.74, 6) is -2.65. The van der Waals surface area contributed by atoms with Crippen LogP contribution < -0.4 is 0 Å². The molecule has 0 saturated heterocycles. The SMILES string of the molecule is CC1(C)CC[C@]2(C(=O)O)CC[C@]3(C)C(=CC(=O)[C@@H]4[C@@]5(C)C[C@@H](O)[C@H](O)C(CO)(CO)C5CC[C@]43C)[C@H]2[C@H]1O. The van der Waals surface area contributed by atoms with Gasteiger partial charge < -0.3 is 30.6 Å². The first-order valence-corrected chi connectivity index (χ1v) is 14.3. The zero-order valence-electron chi connectivity index (χ0n) is 23.4. The van der Waals surface area contributed by atoms with Crippen LogP contribution >= 0.6 is 0 Å². The average Bonchev–Trinajstić information content (AvgIpc) is 2.83. The van der Waals surface area contributed by atoms with Crippen LogP contribution in [0.5, 0.6) is 0 Å². The fourth-order valence-electron chi connectivity index (χ4n) is 10.7. The molecule has 0 radical (unpaired) electrons.